The third kappa shape index (κ3) is 5.06. The van der Waals surface area contributed by atoms with Crippen molar-refractivity contribution in [2.24, 2.45) is 0 Å². The normalized spacial score (nSPS) is 12.4. The monoisotopic (exact) mass is 433 g/mol. The third-order valence-corrected chi connectivity index (χ3v) is 6.13. The van der Waals surface area contributed by atoms with Gasteiger partial charge >= 0.3 is 0 Å². The van der Waals surface area contributed by atoms with E-state index in [-0.39, 0.29) is 6.04 Å². The number of benzene rings is 2. The molecule has 0 saturated carbocycles. The second kappa shape index (κ2) is 9.94. The van der Waals surface area contributed by atoms with Crippen molar-refractivity contribution in [2.75, 3.05) is 14.1 Å². The first-order valence-electron chi connectivity index (χ1n) is 10.4. The van der Waals surface area contributed by atoms with Crippen LogP contribution in [0.3, 0.4) is 0 Å². The van der Waals surface area contributed by atoms with Crippen LogP contribution in [-0.4, -0.2) is 38.7 Å². The van der Waals surface area contributed by atoms with Crippen LogP contribution in [0, 0.1) is 0 Å². The van der Waals surface area contributed by atoms with E-state index in [2.05, 4.69) is 69.9 Å². The van der Waals surface area contributed by atoms with E-state index < -0.39 is 0 Å². The van der Waals surface area contributed by atoms with Gasteiger partial charge in [-0.3, -0.25) is 4.90 Å². The van der Waals surface area contributed by atoms with Gasteiger partial charge in [0.2, 0.25) is 5.89 Å². The average molecular weight is 434 g/mol. The Bertz CT molecular complexity index is 1090. The van der Waals surface area contributed by atoms with E-state index in [9.17, 15) is 0 Å². The van der Waals surface area contributed by atoms with Gasteiger partial charge in [-0.15, -0.1) is 10.2 Å². The van der Waals surface area contributed by atoms with Gasteiger partial charge in [0.05, 0.1) is 24.5 Å². The number of hydrogen-bond acceptors (Lipinski definition) is 6. The van der Waals surface area contributed by atoms with E-state index in [0.717, 1.165) is 35.3 Å². The zero-order valence-electron chi connectivity index (χ0n) is 18.1. The van der Waals surface area contributed by atoms with Crippen LogP contribution in [0.2, 0.25) is 0 Å². The molecule has 0 radical (unpaired) electrons. The fourth-order valence-electron chi connectivity index (χ4n) is 3.59. The average Bonchev–Trinajstić information content (AvgIpc) is 3.42. The molecular formula is C24H27N5OS. The molecule has 2 heterocycles. The second-order valence-corrected chi connectivity index (χ2v) is 8.52. The molecule has 0 saturated heterocycles. The van der Waals surface area contributed by atoms with Crippen molar-refractivity contribution < 1.29 is 4.42 Å². The van der Waals surface area contributed by atoms with Gasteiger partial charge in [-0.1, -0.05) is 79.3 Å². The molecule has 0 spiro atoms. The van der Waals surface area contributed by atoms with Crippen LogP contribution in [-0.2, 0) is 12.3 Å². The van der Waals surface area contributed by atoms with E-state index in [4.69, 9.17) is 4.42 Å². The Hall–Kier alpha value is -2.90. The number of hydrogen-bond donors (Lipinski definition) is 0. The SMILES string of the molecule is CC[C@@H](c1nnc(SCc2ncc(-c3ccccc3)o2)n1Cc1ccccc1)N(C)C. The topological polar surface area (TPSA) is 60.0 Å². The van der Waals surface area contributed by atoms with Crippen LogP contribution in [0.4, 0.5) is 0 Å². The summed E-state index contributed by atoms with van der Waals surface area (Å²) >= 11 is 1.60. The molecule has 6 nitrogen and oxygen atoms in total. The van der Waals surface area contributed by atoms with Gasteiger partial charge in [-0.25, -0.2) is 4.98 Å². The summed E-state index contributed by atoms with van der Waals surface area (Å²) in [6.45, 7) is 2.91. The Morgan fingerprint density at radius 3 is 2.39 bits per heavy atom. The highest BCUT2D eigenvalue weighted by Crippen LogP contribution is 2.29. The molecule has 0 aliphatic heterocycles. The maximum atomic E-state index is 5.97. The summed E-state index contributed by atoms with van der Waals surface area (Å²) in [5, 5.41) is 9.97. The number of oxazole rings is 1. The lowest BCUT2D eigenvalue weighted by molar-refractivity contribution is 0.272. The van der Waals surface area contributed by atoms with Gasteiger partial charge in [0, 0.05) is 5.56 Å². The van der Waals surface area contributed by atoms with Crippen LogP contribution in [0.15, 0.2) is 76.4 Å². The summed E-state index contributed by atoms with van der Waals surface area (Å²) in [4.78, 5) is 6.65. The highest BCUT2D eigenvalue weighted by Gasteiger charge is 2.22. The predicted octanol–water partition coefficient (Wildman–Crippen LogP) is 5.29. The molecule has 31 heavy (non-hydrogen) atoms. The van der Waals surface area contributed by atoms with Gasteiger partial charge in [0.25, 0.3) is 0 Å². The Morgan fingerprint density at radius 2 is 1.71 bits per heavy atom. The zero-order chi connectivity index (χ0) is 21.6. The molecule has 7 heteroatoms. The maximum Gasteiger partial charge on any atom is 0.205 e. The van der Waals surface area contributed by atoms with Gasteiger partial charge in [-0.05, 0) is 26.1 Å². The molecule has 4 rings (SSSR count). The quantitative estimate of drug-likeness (QED) is 0.334. The highest BCUT2D eigenvalue weighted by atomic mass is 32.2. The molecule has 2 aromatic heterocycles. The van der Waals surface area contributed by atoms with Crippen molar-refractivity contribution in [3.05, 3.63) is 84.1 Å². The van der Waals surface area contributed by atoms with Gasteiger partial charge in [-0.2, -0.15) is 0 Å². The van der Waals surface area contributed by atoms with E-state index in [1.165, 1.54) is 5.56 Å². The van der Waals surface area contributed by atoms with Crippen LogP contribution in [0.1, 0.15) is 36.7 Å². The van der Waals surface area contributed by atoms with E-state index in [1.54, 1.807) is 18.0 Å². The molecule has 0 unspecified atom stereocenters. The number of rotatable bonds is 9. The van der Waals surface area contributed by atoms with Crippen molar-refractivity contribution in [3.63, 3.8) is 0 Å². The zero-order valence-corrected chi connectivity index (χ0v) is 18.9. The van der Waals surface area contributed by atoms with Crippen molar-refractivity contribution in [3.8, 4) is 11.3 Å². The molecule has 160 valence electrons. The van der Waals surface area contributed by atoms with Crippen LogP contribution in [0.25, 0.3) is 11.3 Å². The summed E-state index contributed by atoms with van der Waals surface area (Å²) in [6, 6.07) is 20.7. The standard InChI is InChI=1S/C24H27N5OS/c1-4-20(28(2)3)23-26-27-24(29(23)16-18-11-7-5-8-12-18)31-17-22-25-15-21(30-22)19-13-9-6-10-14-19/h5-15,20H,4,16-17H2,1-3H3/t20-/m0/s1. The highest BCUT2D eigenvalue weighted by molar-refractivity contribution is 7.98. The van der Waals surface area contributed by atoms with Crippen molar-refractivity contribution in [1.29, 1.82) is 0 Å². The maximum absolute atomic E-state index is 5.97. The van der Waals surface area contributed by atoms with Crippen LogP contribution < -0.4 is 0 Å². The predicted molar refractivity (Wildman–Crippen MR) is 124 cm³/mol. The minimum absolute atomic E-state index is 0.206. The Kier molecular flexibility index (Phi) is 6.84. The van der Waals surface area contributed by atoms with Gasteiger partial charge in [0.1, 0.15) is 0 Å². The summed E-state index contributed by atoms with van der Waals surface area (Å²) < 4.78 is 8.18. The largest absolute Gasteiger partial charge is 0.440 e. The number of thioether (sulfide) groups is 1. The van der Waals surface area contributed by atoms with E-state index in [1.807, 2.05) is 36.4 Å². The Balaban J connectivity index is 1.56. The third-order valence-electron chi connectivity index (χ3n) is 5.17. The van der Waals surface area contributed by atoms with E-state index >= 15 is 0 Å². The first-order chi connectivity index (χ1) is 15.2. The summed E-state index contributed by atoms with van der Waals surface area (Å²) in [6.07, 6.45) is 2.75. The van der Waals surface area contributed by atoms with E-state index in [0.29, 0.717) is 11.6 Å². The molecule has 0 fully saturated rings. The first kappa shape index (κ1) is 21.3. The minimum Gasteiger partial charge on any atom is -0.440 e. The number of nitrogens with zero attached hydrogens (tertiary/aromatic N) is 5. The van der Waals surface area contributed by atoms with Crippen molar-refractivity contribution >= 4 is 11.8 Å². The molecule has 2 aromatic carbocycles. The molecular weight excluding hydrogens is 406 g/mol. The van der Waals surface area contributed by atoms with Crippen LogP contribution in [0.5, 0.6) is 0 Å². The Morgan fingerprint density at radius 1 is 1.00 bits per heavy atom. The summed E-state index contributed by atoms with van der Waals surface area (Å²) in [5.41, 5.74) is 2.25. The molecule has 1 atom stereocenters. The molecule has 4 aromatic rings. The molecule has 0 aliphatic carbocycles. The fourth-order valence-corrected chi connectivity index (χ4v) is 4.38. The fraction of sp³-hybridized carbons (Fsp3) is 0.292. The Labute approximate surface area is 187 Å². The van der Waals surface area contributed by atoms with Crippen molar-refractivity contribution in [2.45, 2.75) is 36.8 Å². The molecule has 0 N–H and O–H groups in total. The summed E-state index contributed by atoms with van der Waals surface area (Å²) in [5.74, 6) is 3.04. The molecule has 0 bridgehead atoms. The minimum atomic E-state index is 0.206. The molecule has 0 aliphatic rings. The van der Waals surface area contributed by atoms with Crippen molar-refractivity contribution in [1.82, 2.24) is 24.6 Å². The number of aromatic nitrogens is 4. The van der Waals surface area contributed by atoms with Gasteiger partial charge in [0.15, 0.2) is 16.7 Å². The smallest absolute Gasteiger partial charge is 0.205 e. The summed E-state index contributed by atoms with van der Waals surface area (Å²) in [7, 11) is 4.17. The lowest BCUT2D eigenvalue weighted by atomic mass is 10.2. The second-order valence-electron chi connectivity index (χ2n) is 7.57. The first-order valence-corrected chi connectivity index (χ1v) is 11.4. The lowest BCUT2D eigenvalue weighted by Gasteiger charge is -2.23. The molecule has 0 amide bonds. The lowest BCUT2D eigenvalue weighted by Crippen LogP contribution is -2.23. The van der Waals surface area contributed by atoms with Crippen LogP contribution >= 0.6 is 11.8 Å². The van der Waals surface area contributed by atoms with Gasteiger partial charge < -0.3 is 8.98 Å².